The second-order valence-corrected chi connectivity index (χ2v) is 7.64. The number of carbonyl (C=O) groups is 1. The van der Waals surface area contributed by atoms with Crippen LogP contribution in [0.5, 0.6) is 5.75 Å². The Labute approximate surface area is 184 Å². The zero-order chi connectivity index (χ0) is 22.1. The van der Waals surface area contributed by atoms with E-state index in [-0.39, 0.29) is 5.91 Å². The van der Waals surface area contributed by atoms with Gasteiger partial charge < -0.3 is 14.5 Å². The standard InChI is InChI=1S/C26H27N3O2/c1-28(2)16-17-29(19-22-10-8-21(18-27)9-11-22)26(30)24-12-14-25(15-13-24)31-20-23-6-4-3-5-7-23/h3-15H,16-17,19-20H2,1-2H3. The molecule has 0 radical (unpaired) electrons. The molecule has 0 bridgehead atoms. The van der Waals surface area contributed by atoms with Gasteiger partial charge in [0.05, 0.1) is 11.6 Å². The number of hydrogen-bond donors (Lipinski definition) is 0. The second kappa shape index (κ2) is 11.0. The van der Waals surface area contributed by atoms with Crippen molar-refractivity contribution in [2.75, 3.05) is 27.2 Å². The Morgan fingerprint density at radius 1 is 0.871 bits per heavy atom. The van der Waals surface area contributed by atoms with Crippen molar-refractivity contribution in [2.45, 2.75) is 13.2 Å². The molecule has 5 heteroatoms. The van der Waals surface area contributed by atoms with Gasteiger partial charge in [-0.2, -0.15) is 5.26 Å². The van der Waals surface area contributed by atoms with Crippen molar-refractivity contribution >= 4 is 5.91 Å². The van der Waals surface area contributed by atoms with E-state index in [0.717, 1.165) is 23.4 Å². The largest absolute Gasteiger partial charge is 0.489 e. The first-order valence-electron chi connectivity index (χ1n) is 10.2. The van der Waals surface area contributed by atoms with Crippen molar-refractivity contribution in [1.82, 2.24) is 9.80 Å². The van der Waals surface area contributed by atoms with Crippen LogP contribution in [0.2, 0.25) is 0 Å². The molecule has 0 fully saturated rings. The Hall–Kier alpha value is -3.62. The highest BCUT2D eigenvalue weighted by Gasteiger charge is 2.16. The summed E-state index contributed by atoms with van der Waals surface area (Å²) in [6.45, 7) is 2.35. The van der Waals surface area contributed by atoms with Gasteiger partial charge in [0.2, 0.25) is 0 Å². The summed E-state index contributed by atoms with van der Waals surface area (Å²) in [6, 6.07) is 26.7. The summed E-state index contributed by atoms with van der Waals surface area (Å²) < 4.78 is 5.83. The molecule has 0 aliphatic heterocycles. The van der Waals surface area contributed by atoms with E-state index in [0.29, 0.717) is 30.8 Å². The average molecular weight is 414 g/mol. The fourth-order valence-corrected chi connectivity index (χ4v) is 3.10. The molecule has 1 amide bonds. The van der Waals surface area contributed by atoms with Crippen LogP contribution in [0.4, 0.5) is 0 Å². The van der Waals surface area contributed by atoms with Gasteiger partial charge in [-0.1, -0.05) is 42.5 Å². The highest BCUT2D eigenvalue weighted by atomic mass is 16.5. The molecule has 0 heterocycles. The summed E-state index contributed by atoms with van der Waals surface area (Å²) in [4.78, 5) is 17.1. The van der Waals surface area contributed by atoms with Crippen LogP contribution in [0.15, 0.2) is 78.9 Å². The van der Waals surface area contributed by atoms with Crippen LogP contribution in [0, 0.1) is 11.3 Å². The molecule has 0 saturated heterocycles. The monoisotopic (exact) mass is 413 g/mol. The quantitative estimate of drug-likeness (QED) is 0.524. The minimum absolute atomic E-state index is 0.0270. The Balaban J connectivity index is 1.67. The lowest BCUT2D eigenvalue weighted by atomic mass is 10.1. The third-order valence-electron chi connectivity index (χ3n) is 4.91. The molecule has 0 aromatic heterocycles. The number of amides is 1. The van der Waals surface area contributed by atoms with Crippen LogP contribution in [0.1, 0.15) is 27.0 Å². The van der Waals surface area contributed by atoms with E-state index in [1.165, 1.54) is 0 Å². The van der Waals surface area contributed by atoms with Gasteiger partial charge in [0.1, 0.15) is 12.4 Å². The van der Waals surface area contributed by atoms with E-state index in [1.807, 2.05) is 85.7 Å². The number of carbonyl (C=O) groups excluding carboxylic acids is 1. The second-order valence-electron chi connectivity index (χ2n) is 7.64. The molecule has 0 aliphatic rings. The van der Waals surface area contributed by atoms with Crippen molar-refractivity contribution in [3.05, 3.63) is 101 Å². The summed E-state index contributed by atoms with van der Waals surface area (Å²) >= 11 is 0. The third-order valence-corrected chi connectivity index (χ3v) is 4.91. The molecule has 3 rings (SSSR count). The number of hydrogen-bond acceptors (Lipinski definition) is 4. The number of nitriles is 1. The average Bonchev–Trinajstić information content (AvgIpc) is 2.81. The van der Waals surface area contributed by atoms with Gasteiger partial charge >= 0.3 is 0 Å². The molecular weight excluding hydrogens is 386 g/mol. The van der Waals surface area contributed by atoms with Crippen LogP contribution in [0.3, 0.4) is 0 Å². The molecule has 0 N–H and O–H groups in total. The van der Waals surface area contributed by atoms with Crippen molar-refractivity contribution in [3.8, 4) is 11.8 Å². The summed E-state index contributed by atoms with van der Waals surface area (Å²) in [5, 5.41) is 8.99. The minimum Gasteiger partial charge on any atom is -0.489 e. The molecule has 3 aromatic carbocycles. The first kappa shape index (κ1) is 22.1. The van der Waals surface area contributed by atoms with Gasteiger partial charge in [-0.25, -0.2) is 0 Å². The highest BCUT2D eigenvalue weighted by Crippen LogP contribution is 2.17. The Kier molecular flexibility index (Phi) is 7.80. The lowest BCUT2D eigenvalue weighted by Crippen LogP contribution is -2.36. The smallest absolute Gasteiger partial charge is 0.254 e. The minimum atomic E-state index is -0.0270. The maximum Gasteiger partial charge on any atom is 0.254 e. The number of rotatable bonds is 9. The first-order chi connectivity index (χ1) is 15.0. The zero-order valence-electron chi connectivity index (χ0n) is 18.0. The lowest BCUT2D eigenvalue weighted by Gasteiger charge is -2.25. The van der Waals surface area contributed by atoms with Crippen LogP contribution in [-0.4, -0.2) is 42.9 Å². The van der Waals surface area contributed by atoms with E-state index in [4.69, 9.17) is 10.00 Å². The van der Waals surface area contributed by atoms with Crippen LogP contribution >= 0.6 is 0 Å². The fourth-order valence-electron chi connectivity index (χ4n) is 3.10. The van der Waals surface area contributed by atoms with Gasteiger partial charge in [0, 0.05) is 25.2 Å². The maximum atomic E-state index is 13.2. The predicted molar refractivity (Wildman–Crippen MR) is 122 cm³/mol. The Bertz CT molecular complexity index is 1010. The van der Waals surface area contributed by atoms with Crippen molar-refractivity contribution in [3.63, 3.8) is 0 Å². The predicted octanol–water partition coefficient (Wildman–Crippen LogP) is 4.34. The summed E-state index contributed by atoms with van der Waals surface area (Å²) in [6.07, 6.45) is 0. The van der Waals surface area contributed by atoms with Gasteiger partial charge in [0.15, 0.2) is 0 Å². The molecule has 0 saturated carbocycles. The van der Waals surface area contributed by atoms with Gasteiger partial charge in [0.25, 0.3) is 5.91 Å². The maximum absolute atomic E-state index is 13.2. The number of ether oxygens (including phenoxy) is 1. The molecule has 0 aliphatic carbocycles. The highest BCUT2D eigenvalue weighted by molar-refractivity contribution is 5.94. The van der Waals surface area contributed by atoms with Crippen LogP contribution in [-0.2, 0) is 13.2 Å². The molecule has 5 nitrogen and oxygen atoms in total. The van der Waals surface area contributed by atoms with E-state index < -0.39 is 0 Å². The lowest BCUT2D eigenvalue weighted by molar-refractivity contribution is 0.0732. The van der Waals surface area contributed by atoms with Gasteiger partial charge in [-0.15, -0.1) is 0 Å². The van der Waals surface area contributed by atoms with E-state index >= 15 is 0 Å². The van der Waals surface area contributed by atoms with Crippen LogP contribution in [0.25, 0.3) is 0 Å². The molecule has 0 atom stereocenters. The van der Waals surface area contributed by atoms with Crippen LogP contribution < -0.4 is 4.74 Å². The molecule has 0 spiro atoms. The first-order valence-corrected chi connectivity index (χ1v) is 10.2. The van der Waals surface area contributed by atoms with E-state index in [9.17, 15) is 4.79 Å². The number of likely N-dealkylation sites (N-methyl/N-ethyl adjacent to an activating group) is 1. The van der Waals surface area contributed by atoms with Gasteiger partial charge in [-0.3, -0.25) is 4.79 Å². The molecule has 0 unspecified atom stereocenters. The zero-order valence-corrected chi connectivity index (χ0v) is 18.0. The fraction of sp³-hybridized carbons (Fsp3) is 0.231. The number of benzene rings is 3. The van der Waals surface area contributed by atoms with Crippen molar-refractivity contribution in [2.24, 2.45) is 0 Å². The Morgan fingerprint density at radius 3 is 2.16 bits per heavy atom. The Morgan fingerprint density at radius 2 is 1.55 bits per heavy atom. The molecule has 3 aromatic rings. The topological polar surface area (TPSA) is 56.6 Å². The van der Waals surface area contributed by atoms with E-state index in [1.54, 1.807) is 12.1 Å². The van der Waals surface area contributed by atoms with Crippen molar-refractivity contribution in [1.29, 1.82) is 5.26 Å². The summed E-state index contributed by atoms with van der Waals surface area (Å²) in [5.41, 5.74) is 3.33. The SMILES string of the molecule is CN(C)CCN(Cc1ccc(C#N)cc1)C(=O)c1ccc(OCc2ccccc2)cc1. The summed E-state index contributed by atoms with van der Waals surface area (Å²) in [5.74, 6) is 0.702. The third kappa shape index (κ3) is 6.70. The molecule has 31 heavy (non-hydrogen) atoms. The van der Waals surface area contributed by atoms with E-state index in [2.05, 4.69) is 11.0 Å². The number of nitrogens with zero attached hydrogens (tertiary/aromatic N) is 3. The van der Waals surface area contributed by atoms with Crippen molar-refractivity contribution < 1.29 is 9.53 Å². The summed E-state index contributed by atoms with van der Waals surface area (Å²) in [7, 11) is 3.98. The molecule has 158 valence electrons. The molecular formula is C26H27N3O2. The normalized spacial score (nSPS) is 10.5. The van der Waals surface area contributed by atoms with Gasteiger partial charge in [-0.05, 0) is 61.6 Å².